The highest BCUT2D eigenvalue weighted by atomic mass is 16.3. The number of aromatic hydroxyl groups is 1. The van der Waals surface area contributed by atoms with Gasteiger partial charge < -0.3 is 15.7 Å². The Balaban J connectivity index is 1.61. The van der Waals surface area contributed by atoms with E-state index in [1.165, 1.54) is 18.4 Å². The standard InChI is InChI=1S/C16H20N4O/c1-17-14-10-15(20-16(19-14)12-4-5-12)18-9-8-11-2-6-13(21)7-3-11/h2-3,6-7,10,12,21H,4-5,8-9H2,1H3,(H2,17,18,19,20). The van der Waals surface area contributed by atoms with Crippen LogP contribution in [0.2, 0.25) is 0 Å². The van der Waals surface area contributed by atoms with Crippen molar-refractivity contribution in [2.75, 3.05) is 24.2 Å². The molecular formula is C16H20N4O. The number of benzene rings is 1. The van der Waals surface area contributed by atoms with E-state index in [1.807, 2.05) is 25.2 Å². The van der Waals surface area contributed by atoms with E-state index >= 15 is 0 Å². The second-order valence-electron chi connectivity index (χ2n) is 5.36. The highest BCUT2D eigenvalue weighted by Crippen LogP contribution is 2.38. The fourth-order valence-corrected chi connectivity index (χ4v) is 2.21. The van der Waals surface area contributed by atoms with Crippen LogP contribution in [0.1, 0.15) is 30.1 Å². The molecule has 0 radical (unpaired) electrons. The third kappa shape index (κ3) is 3.62. The zero-order valence-corrected chi connectivity index (χ0v) is 12.1. The van der Waals surface area contributed by atoms with Gasteiger partial charge in [0.2, 0.25) is 0 Å². The lowest BCUT2D eigenvalue weighted by molar-refractivity contribution is 0.475. The molecule has 0 saturated heterocycles. The maximum Gasteiger partial charge on any atom is 0.136 e. The monoisotopic (exact) mass is 284 g/mol. The van der Waals surface area contributed by atoms with Crippen LogP contribution in [-0.4, -0.2) is 28.7 Å². The van der Waals surface area contributed by atoms with Crippen molar-refractivity contribution in [2.24, 2.45) is 0 Å². The van der Waals surface area contributed by atoms with Crippen LogP contribution in [0.4, 0.5) is 11.6 Å². The Kier molecular flexibility index (Phi) is 3.90. The molecule has 110 valence electrons. The van der Waals surface area contributed by atoms with Crippen LogP contribution in [0.15, 0.2) is 30.3 Å². The number of anilines is 2. The molecule has 0 amide bonds. The fraction of sp³-hybridized carbons (Fsp3) is 0.375. The predicted molar refractivity (Wildman–Crippen MR) is 83.9 cm³/mol. The van der Waals surface area contributed by atoms with E-state index in [9.17, 15) is 5.11 Å². The van der Waals surface area contributed by atoms with Gasteiger partial charge in [-0.15, -0.1) is 0 Å². The molecule has 0 spiro atoms. The van der Waals surface area contributed by atoms with E-state index < -0.39 is 0 Å². The van der Waals surface area contributed by atoms with Gasteiger partial charge in [-0.2, -0.15) is 0 Å². The molecule has 0 unspecified atom stereocenters. The number of hydrogen-bond acceptors (Lipinski definition) is 5. The van der Waals surface area contributed by atoms with E-state index in [0.717, 1.165) is 30.4 Å². The van der Waals surface area contributed by atoms with Gasteiger partial charge >= 0.3 is 0 Å². The van der Waals surface area contributed by atoms with Crippen LogP contribution in [0, 0.1) is 0 Å². The van der Waals surface area contributed by atoms with E-state index in [2.05, 4.69) is 20.6 Å². The first kappa shape index (κ1) is 13.7. The first-order valence-electron chi connectivity index (χ1n) is 7.33. The van der Waals surface area contributed by atoms with Gasteiger partial charge in [-0.1, -0.05) is 12.1 Å². The molecule has 1 saturated carbocycles. The second-order valence-corrected chi connectivity index (χ2v) is 5.36. The summed E-state index contributed by atoms with van der Waals surface area (Å²) >= 11 is 0. The number of hydrogen-bond donors (Lipinski definition) is 3. The lowest BCUT2D eigenvalue weighted by Gasteiger charge is -2.09. The highest BCUT2D eigenvalue weighted by molar-refractivity contribution is 5.48. The van der Waals surface area contributed by atoms with E-state index in [1.54, 1.807) is 12.1 Å². The van der Waals surface area contributed by atoms with Gasteiger partial charge in [-0.05, 0) is 37.0 Å². The maximum absolute atomic E-state index is 9.27. The molecule has 1 heterocycles. The number of phenolic OH excluding ortho intramolecular Hbond substituents is 1. The average Bonchev–Trinajstić information content (AvgIpc) is 3.34. The maximum atomic E-state index is 9.27. The molecule has 5 nitrogen and oxygen atoms in total. The lowest BCUT2D eigenvalue weighted by Crippen LogP contribution is -2.09. The summed E-state index contributed by atoms with van der Waals surface area (Å²) in [7, 11) is 1.87. The van der Waals surface area contributed by atoms with Crippen molar-refractivity contribution >= 4 is 11.6 Å². The normalized spacial score (nSPS) is 14.0. The summed E-state index contributed by atoms with van der Waals surface area (Å²) < 4.78 is 0. The number of aromatic nitrogens is 2. The van der Waals surface area contributed by atoms with Gasteiger partial charge in [0.05, 0.1) is 0 Å². The minimum Gasteiger partial charge on any atom is -0.508 e. The van der Waals surface area contributed by atoms with Crippen molar-refractivity contribution in [2.45, 2.75) is 25.2 Å². The van der Waals surface area contributed by atoms with Gasteiger partial charge in [0, 0.05) is 25.6 Å². The molecular weight excluding hydrogens is 264 g/mol. The largest absolute Gasteiger partial charge is 0.508 e. The number of rotatable bonds is 6. The molecule has 1 aliphatic rings. The molecule has 1 fully saturated rings. The minimum atomic E-state index is 0.301. The molecule has 21 heavy (non-hydrogen) atoms. The molecule has 2 aromatic rings. The van der Waals surface area contributed by atoms with Crippen molar-refractivity contribution < 1.29 is 5.11 Å². The van der Waals surface area contributed by atoms with Crippen molar-refractivity contribution in [1.82, 2.24) is 9.97 Å². The zero-order chi connectivity index (χ0) is 14.7. The Morgan fingerprint density at radius 1 is 1.14 bits per heavy atom. The van der Waals surface area contributed by atoms with Crippen LogP contribution in [-0.2, 0) is 6.42 Å². The molecule has 0 bridgehead atoms. The summed E-state index contributed by atoms with van der Waals surface area (Å²) in [5, 5.41) is 15.7. The van der Waals surface area contributed by atoms with Crippen LogP contribution in [0.25, 0.3) is 0 Å². The van der Waals surface area contributed by atoms with Crippen LogP contribution in [0.5, 0.6) is 5.75 Å². The van der Waals surface area contributed by atoms with E-state index in [4.69, 9.17) is 0 Å². The Bertz CT molecular complexity index is 608. The topological polar surface area (TPSA) is 70.1 Å². The van der Waals surface area contributed by atoms with E-state index in [0.29, 0.717) is 11.7 Å². The Morgan fingerprint density at radius 3 is 2.52 bits per heavy atom. The molecule has 0 atom stereocenters. The summed E-state index contributed by atoms with van der Waals surface area (Å²) in [6, 6.07) is 9.23. The summed E-state index contributed by atoms with van der Waals surface area (Å²) in [6.45, 7) is 0.801. The van der Waals surface area contributed by atoms with Gasteiger partial charge in [0.15, 0.2) is 0 Å². The molecule has 1 aromatic carbocycles. The minimum absolute atomic E-state index is 0.301. The fourth-order valence-electron chi connectivity index (χ4n) is 2.21. The number of nitrogens with zero attached hydrogens (tertiary/aromatic N) is 2. The first-order chi connectivity index (χ1) is 10.2. The predicted octanol–water partition coefficient (Wildman–Crippen LogP) is 2.76. The van der Waals surface area contributed by atoms with Crippen molar-refractivity contribution in [3.8, 4) is 5.75 Å². The quantitative estimate of drug-likeness (QED) is 0.761. The third-order valence-corrected chi connectivity index (χ3v) is 3.60. The number of phenols is 1. The van der Waals surface area contributed by atoms with Gasteiger partial charge in [-0.3, -0.25) is 0 Å². The molecule has 5 heteroatoms. The third-order valence-electron chi connectivity index (χ3n) is 3.60. The SMILES string of the molecule is CNc1cc(NCCc2ccc(O)cc2)nc(C2CC2)n1. The summed E-state index contributed by atoms with van der Waals surface area (Å²) in [5.74, 6) is 3.51. The molecule has 0 aliphatic heterocycles. The van der Waals surface area contributed by atoms with Gasteiger partial charge in [0.25, 0.3) is 0 Å². The molecule has 1 aliphatic carbocycles. The van der Waals surface area contributed by atoms with Crippen LogP contribution >= 0.6 is 0 Å². The van der Waals surface area contributed by atoms with E-state index in [-0.39, 0.29) is 0 Å². The summed E-state index contributed by atoms with van der Waals surface area (Å²) in [6.07, 6.45) is 3.28. The summed E-state index contributed by atoms with van der Waals surface area (Å²) in [4.78, 5) is 9.09. The van der Waals surface area contributed by atoms with Crippen molar-refractivity contribution in [3.63, 3.8) is 0 Å². The molecule has 1 aromatic heterocycles. The van der Waals surface area contributed by atoms with Gasteiger partial charge in [0.1, 0.15) is 23.2 Å². The molecule has 3 N–H and O–H groups in total. The van der Waals surface area contributed by atoms with Crippen molar-refractivity contribution in [3.05, 3.63) is 41.7 Å². The summed E-state index contributed by atoms with van der Waals surface area (Å²) in [5.41, 5.74) is 1.19. The smallest absolute Gasteiger partial charge is 0.136 e. The Morgan fingerprint density at radius 2 is 1.86 bits per heavy atom. The Labute approximate surface area is 124 Å². The van der Waals surface area contributed by atoms with Crippen LogP contribution in [0.3, 0.4) is 0 Å². The molecule has 3 rings (SSSR count). The van der Waals surface area contributed by atoms with Gasteiger partial charge in [-0.25, -0.2) is 9.97 Å². The first-order valence-corrected chi connectivity index (χ1v) is 7.33. The number of nitrogens with one attached hydrogen (secondary N) is 2. The Hall–Kier alpha value is -2.30. The van der Waals surface area contributed by atoms with Crippen LogP contribution < -0.4 is 10.6 Å². The second kappa shape index (κ2) is 5.99. The zero-order valence-electron chi connectivity index (χ0n) is 12.1. The highest BCUT2D eigenvalue weighted by Gasteiger charge is 2.27. The average molecular weight is 284 g/mol. The lowest BCUT2D eigenvalue weighted by atomic mass is 10.1. The van der Waals surface area contributed by atoms with Crippen molar-refractivity contribution in [1.29, 1.82) is 0 Å².